The molecular formula is C36H30O6. The van der Waals surface area contributed by atoms with Crippen LogP contribution in [0.25, 0.3) is 54.2 Å². The molecule has 42 heavy (non-hydrogen) atoms. The van der Waals surface area contributed by atoms with Crippen molar-refractivity contribution < 1.29 is 28.5 Å². The summed E-state index contributed by atoms with van der Waals surface area (Å²) in [5.41, 5.74) is 1.96. The van der Waals surface area contributed by atoms with Crippen molar-refractivity contribution in [2.45, 2.75) is 39.9 Å². The largest absolute Gasteiger partial charge is 0.514 e. The summed E-state index contributed by atoms with van der Waals surface area (Å²) in [6, 6.07) is 31.5. The summed E-state index contributed by atoms with van der Waals surface area (Å²) in [7, 11) is 0. The third-order valence-corrected chi connectivity index (χ3v) is 7.05. The van der Waals surface area contributed by atoms with Gasteiger partial charge in [-0.1, -0.05) is 97.1 Å². The molecule has 6 nitrogen and oxygen atoms in total. The highest BCUT2D eigenvalue weighted by molar-refractivity contribution is 6.26. The van der Waals surface area contributed by atoms with E-state index in [1.54, 1.807) is 27.7 Å². The molecule has 6 aromatic carbocycles. The van der Waals surface area contributed by atoms with Crippen LogP contribution in [0.3, 0.4) is 0 Å². The summed E-state index contributed by atoms with van der Waals surface area (Å²) in [5, 5.41) is 6.75. The zero-order chi connectivity index (χ0) is 29.4. The number of benzene rings is 6. The zero-order valence-electron chi connectivity index (χ0n) is 23.8. The number of carbonyl (C=O) groups is 2. The van der Waals surface area contributed by atoms with Crippen LogP contribution in [0, 0.1) is 0 Å². The van der Waals surface area contributed by atoms with Gasteiger partial charge < -0.3 is 18.9 Å². The van der Waals surface area contributed by atoms with Crippen molar-refractivity contribution in [2.24, 2.45) is 0 Å². The molecule has 0 unspecified atom stereocenters. The van der Waals surface area contributed by atoms with Gasteiger partial charge in [0.25, 0.3) is 0 Å². The lowest BCUT2D eigenvalue weighted by Crippen LogP contribution is -2.16. The van der Waals surface area contributed by atoms with E-state index in [1.807, 2.05) is 97.1 Å². The predicted octanol–water partition coefficient (Wildman–Crippen LogP) is 9.81. The van der Waals surface area contributed by atoms with Crippen LogP contribution in [0.1, 0.15) is 27.7 Å². The van der Waals surface area contributed by atoms with Crippen molar-refractivity contribution in [1.29, 1.82) is 0 Å². The third kappa shape index (κ3) is 4.85. The molecule has 0 spiro atoms. The average molecular weight is 559 g/mol. The maximum atomic E-state index is 12.7. The molecule has 0 heterocycles. The molecule has 0 saturated carbocycles. The molecule has 0 aromatic heterocycles. The van der Waals surface area contributed by atoms with E-state index in [0.29, 0.717) is 11.5 Å². The Hall–Kier alpha value is -5.10. The van der Waals surface area contributed by atoms with Gasteiger partial charge in [0.05, 0.1) is 12.2 Å². The summed E-state index contributed by atoms with van der Waals surface area (Å²) in [6.07, 6.45) is -2.13. The first-order valence-corrected chi connectivity index (χ1v) is 14.0. The van der Waals surface area contributed by atoms with Gasteiger partial charge in [0, 0.05) is 21.5 Å². The number of hydrogen-bond acceptors (Lipinski definition) is 6. The topological polar surface area (TPSA) is 71.1 Å². The molecule has 6 aromatic rings. The van der Waals surface area contributed by atoms with Gasteiger partial charge in [0.15, 0.2) is 0 Å². The number of ether oxygens (including phenoxy) is 4. The van der Waals surface area contributed by atoms with Gasteiger partial charge in [0.1, 0.15) is 11.5 Å². The third-order valence-electron chi connectivity index (χ3n) is 7.05. The fourth-order valence-electron chi connectivity index (χ4n) is 5.54. The molecule has 0 saturated heterocycles. The Labute approximate surface area is 243 Å². The van der Waals surface area contributed by atoms with E-state index in [0.717, 1.165) is 54.2 Å². The molecule has 0 amide bonds. The SMILES string of the molecule is CC(C)OC(=O)Oc1c2ccccc2c(-c2c3ccccc3c(OC(=O)OC(C)C)c3ccccc23)c2ccccc12. The van der Waals surface area contributed by atoms with E-state index in [1.165, 1.54) is 0 Å². The van der Waals surface area contributed by atoms with Crippen LogP contribution in [0.4, 0.5) is 9.59 Å². The van der Waals surface area contributed by atoms with Gasteiger partial charge in [-0.05, 0) is 60.4 Å². The second-order valence-electron chi connectivity index (χ2n) is 10.6. The summed E-state index contributed by atoms with van der Waals surface area (Å²) >= 11 is 0. The first-order chi connectivity index (χ1) is 20.3. The Balaban J connectivity index is 1.72. The molecule has 0 fully saturated rings. The molecule has 210 valence electrons. The van der Waals surface area contributed by atoms with Crippen LogP contribution in [-0.2, 0) is 9.47 Å². The number of rotatable bonds is 5. The molecule has 6 heteroatoms. The van der Waals surface area contributed by atoms with Gasteiger partial charge in [-0.15, -0.1) is 0 Å². The van der Waals surface area contributed by atoms with Crippen LogP contribution in [0.2, 0.25) is 0 Å². The van der Waals surface area contributed by atoms with Gasteiger partial charge in [-0.2, -0.15) is 0 Å². The lowest BCUT2D eigenvalue weighted by molar-refractivity contribution is 0.0725. The highest BCUT2D eigenvalue weighted by atomic mass is 16.7. The van der Waals surface area contributed by atoms with Crippen molar-refractivity contribution >= 4 is 55.4 Å². The Bertz CT molecular complexity index is 1730. The second kappa shape index (κ2) is 11.1. The fraction of sp³-hybridized carbons (Fsp3) is 0.167. The number of carbonyl (C=O) groups excluding carboxylic acids is 2. The second-order valence-corrected chi connectivity index (χ2v) is 10.6. The van der Waals surface area contributed by atoms with E-state index >= 15 is 0 Å². The lowest BCUT2D eigenvalue weighted by atomic mass is 9.85. The first kappa shape index (κ1) is 27.1. The minimum absolute atomic E-state index is 0.314. The van der Waals surface area contributed by atoms with Gasteiger partial charge in [0.2, 0.25) is 0 Å². The Morgan fingerprint density at radius 1 is 0.429 bits per heavy atom. The molecule has 0 aliphatic rings. The average Bonchev–Trinajstić information content (AvgIpc) is 2.97. The molecule has 0 bridgehead atoms. The maximum absolute atomic E-state index is 12.7. The molecular weight excluding hydrogens is 528 g/mol. The minimum atomic E-state index is -0.751. The van der Waals surface area contributed by atoms with Crippen molar-refractivity contribution in [1.82, 2.24) is 0 Å². The van der Waals surface area contributed by atoms with Crippen LogP contribution in [-0.4, -0.2) is 24.5 Å². The fourth-order valence-corrected chi connectivity index (χ4v) is 5.54. The molecule has 0 atom stereocenters. The summed E-state index contributed by atoms with van der Waals surface area (Å²) in [6.45, 7) is 7.14. The Morgan fingerprint density at radius 2 is 0.667 bits per heavy atom. The first-order valence-electron chi connectivity index (χ1n) is 14.0. The molecule has 0 aliphatic heterocycles. The maximum Gasteiger partial charge on any atom is 0.514 e. The van der Waals surface area contributed by atoms with E-state index in [4.69, 9.17) is 18.9 Å². The van der Waals surface area contributed by atoms with E-state index in [-0.39, 0.29) is 12.2 Å². The summed E-state index contributed by atoms with van der Waals surface area (Å²) in [4.78, 5) is 25.4. The van der Waals surface area contributed by atoms with E-state index in [2.05, 4.69) is 0 Å². The Morgan fingerprint density at radius 3 is 0.905 bits per heavy atom. The zero-order valence-corrected chi connectivity index (χ0v) is 23.8. The standard InChI is InChI=1S/C36H30O6/c1-21(2)39-35(37)41-33-27-17-9-5-13-23(27)31(24-14-6-10-18-28(24)33)32-25-15-7-11-19-29(25)34(42-36(38)40-22(3)4)30-20-12-8-16-26(30)32/h5-22H,1-4H3. The van der Waals surface area contributed by atoms with Crippen LogP contribution < -0.4 is 9.47 Å². The van der Waals surface area contributed by atoms with Crippen molar-refractivity contribution in [2.75, 3.05) is 0 Å². The lowest BCUT2D eigenvalue weighted by Gasteiger charge is -2.21. The summed E-state index contributed by atoms with van der Waals surface area (Å²) < 4.78 is 22.4. The molecule has 0 aliphatic carbocycles. The highest BCUT2D eigenvalue weighted by Crippen LogP contribution is 2.49. The molecule has 6 rings (SSSR count). The van der Waals surface area contributed by atoms with Gasteiger partial charge in [-0.25, -0.2) is 9.59 Å². The minimum Gasteiger partial charge on any atom is -0.431 e. The van der Waals surface area contributed by atoms with Gasteiger partial charge in [-0.3, -0.25) is 0 Å². The Kier molecular flexibility index (Phi) is 7.13. The predicted molar refractivity (Wildman–Crippen MR) is 166 cm³/mol. The highest BCUT2D eigenvalue weighted by Gasteiger charge is 2.24. The summed E-state index contributed by atoms with van der Waals surface area (Å²) in [5.74, 6) is 0.890. The number of hydrogen-bond donors (Lipinski definition) is 0. The smallest absolute Gasteiger partial charge is 0.431 e. The van der Waals surface area contributed by atoms with Crippen LogP contribution >= 0.6 is 0 Å². The van der Waals surface area contributed by atoms with Crippen molar-refractivity contribution in [3.63, 3.8) is 0 Å². The van der Waals surface area contributed by atoms with Crippen LogP contribution in [0.5, 0.6) is 11.5 Å². The van der Waals surface area contributed by atoms with Crippen molar-refractivity contribution in [3.8, 4) is 22.6 Å². The molecule has 0 N–H and O–H groups in total. The van der Waals surface area contributed by atoms with E-state index < -0.39 is 12.3 Å². The van der Waals surface area contributed by atoms with Crippen molar-refractivity contribution in [3.05, 3.63) is 97.1 Å². The monoisotopic (exact) mass is 558 g/mol. The van der Waals surface area contributed by atoms with E-state index in [9.17, 15) is 9.59 Å². The quantitative estimate of drug-likeness (QED) is 0.119. The number of fused-ring (bicyclic) bond motifs is 4. The normalized spacial score (nSPS) is 11.5. The van der Waals surface area contributed by atoms with Gasteiger partial charge >= 0.3 is 12.3 Å². The molecule has 0 radical (unpaired) electrons. The van der Waals surface area contributed by atoms with Crippen LogP contribution in [0.15, 0.2) is 97.1 Å².